The largest absolute Gasteiger partial charge is 0.393 e. The Bertz CT molecular complexity index is 120. The van der Waals surface area contributed by atoms with E-state index in [0.29, 0.717) is 19.5 Å². The molecule has 10 heavy (non-hydrogen) atoms. The lowest BCUT2D eigenvalue weighted by molar-refractivity contribution is -0.119. The molecule has 0 spiro atoms. The fourth-order valence-electron chi connectivity index (χ4n) is 1.08. The van der Waals surface area contributed by atoms with Gasteiger partial charge in [0.1, 0.15) is 5.60 Å². The average molecular weight is 147 g/mol. The summed E-state index contributed by atoms with van der Waals surface area (Å²) < 4.78 is 0. The first kappa shape index (κ1) is 7.94. The van der Waals surface area contributed by atoms with Crippen molar-refractivity contribution in [2.24, 2.45) is 0 Å². The zero-order valence-corrected chi connectivity index (χ0v) is 5.75. The van der Waals surface area contributed by atoms with Crippen molar-refractivity contribution in [1.29, 1.82) is 0 Å². The standard InChI is InChI=1S/C6H13NO3/c8-4-6(10)1-2-7-3-5(6)9/h5,7-10H,1-4H2. The highest BCUT2D eigenvalue weighted by molar-refractivity contribution is 4.91. The van der Waals surface area contributed by atoms with Crippen LogP contribution in [-0.2, 0) is 0 Å². The molecular weight excluding hydrogens is 134 g/mol. The first-order chi connectivity index (χ1) is 4.69. The van der Waals surface area contributed by atoms with Crippen molar-refractivity contribution in [3.63, 3.8) is 0 Å². The normalized spacial score (nSPS) is 41.7. The van der Waals surface area contributed by atoms with Crippen molar-refractivity contribution in [2.75, 3.05) is 19.7 Å². The van der Waals surface area contributed by atoms with Crippen LogP contribution in [-0.4, -0.2) is 46.7 Å². The summed E-state index contributed by atoms with van der Waals surface area (Å²) in [6.45, 7) is 0.640. The number of aliphatic hydroxyl groups is 3. The molecule has 0 saturated carbocycles. The lowest BCUT2D eigenvalue weighted by atomic mass is 9.91. The monoisotopic (exact) mass is 147 g/mol. The summed E-state index contributed by atoms with van der Waals surface area (Å²) in [5, 5.41) is 30.2. The number of aliphatic hydroxyl groups excluding tert-OH is 2. The van der Waals surface area contributed by atoms with Gasteiger partial charge in [-0.3, -0.25) is 0 Å². The third-order valence-electron chi connectivity index (χ3n) is 1.97. The summed E-state index contributed by atoms with van der Waals surface area (Å²) in [6.07, 6.45) is -0.434. The lowest BCUT2D eigenvalue weighted by Crippen LogP contribution is -2.56. The van der Waals surface area contributed by atoms with Crippen LogP contribution < -0.4 is 5.32 Å². The number of rotatable bonds is 1. The molecule has 0 radical (unpaired) electrons. The van der Waals surface area contributed by atoms with Gasteiger partial charge in [-0.05, 0) is 13.0 Å². The minimum atomic E-state index is -1.27. The van der Waals surface area contributed by atoms with Gasteiger partial charge in [0.15, 0.2) is 0 Å². The van der Waals surface area contributed by atoms with E-state index in [1.54, 1.807) is 0 Å². The van der Waals surface area contributed by atoms with Crippen LogP contribution in [0.3, 0.4) is 0 Å². The first-order valence-electron chi connectivity index (χ1n) is 3.41. The predicted octanol–water partition coefficient (Wildman–Crippen LogP) is -1.94. The van der Waals surface area contributed by atoms with Crippen LogP contribution in [0.15, 0.2) is 0 Å². The third kappa shape index (κ3) is 1.29. The van der Waals surface area contributed by atoms with Crippen molar-refractivity contribution in [2.45, 2.75) is 18.1 Å². The minimum Gasteiger partial charge on any atom is -0.393 e. The predicted molar refractivity (Wildman–Crippen MR) is 35.5 cm³/mol. The Balaban J connectivity index is 2.54. The highest BCUT2D eigenvalue weighted by Gasteiger charge is 2.36. The van der Waals surface area contributed by atoms with Crippen LogP contribution in [0.4, 0.5) is 0 Å². The van der Waals surface area contributed by atoms with E-state index in [2.05, 4.69) is 5.32 Å². The van der Waals surface area contributed by atoms with E-state index >= 15 is 0 Å². The third-order valence-corrected chi connectivity index (χ3v) is 1.97. The van der Waals surface area contributed by atoms with Crippen molar-refractivity contribution in [3.05, 3.63) is 0 Å². The molecule has 1 heterocycles. The van der Waals surface area contributed by atoms with Gasteiger partial charge in [0.2, 0.25) is 0 Å². The molecule has 1 fully saturated rings. The summed E-state index contributed by atoms with van der Waals surface area (Å²) in [4.78, 5) is 0. The van der Waals surface area contributed by atoms with Crippen molar-refractivity contribution < 1.29 is 15.3 Å². The topological polar surface area (TPSA) is 72.7 Å². The molecule has 0 bridgehead atoms. The van der Waals surface area contributed by atoms with Gasteiger partial charge in [0, 0.05) is 6.54 Å². The van der Waals surface area contributed by atoms with E-state index in [0.717, 1.165) is 0 Å². The maximum Gasteiger partial charge on any atom is 0.116 e. The first-order valence-corrected chi connectivity index (χ1v) is 3.41. The molecule has 0 amide bonds. The molecule has 60 valence electrons. The zero-order valence-electron chi connectivity index (χ0n) is 5.75. The molecule has 1 aliphatic heterocycles. The molecule has 2 atom stereocenters. The average Bonchev–Trinajstić information content (AvgIpc) is 1.96. The molecule has 1 aliphatic rings. The van der Waals surface area contributed by atoms with Gasteiger partial charge in [0.05, 0.1) is 12.7 Å². The second-order valence-corrected chi connectivity index (χ2v) is 2.73. The van der Waals surface area contributed by atoms with Gasteiger partial charge in [-0.2, -0.15) is 0 Å². The second kappa shape index (κ2) is 2.84. The van der Waals surface area contributed by atoms with Gasteiger partial charge < -0.3 is 20.6 Å². The molecule has 4 nitrogen and oxygen atoms in total. The molecule has 1 rings (SSSR count). The number of hydrogen-bond acceptors (Lipinski definition) is 4. The molecular formula is C6H13NO3. The smallest absolute Gasteiger partial charge is 0.116 e. The zero-order chi connectivity index (χ0) is 7.61. The number of piperidine rings is 1. The van der Waals surface area contributed by atoms with Gasteiger partial charge in [-0.25, -0.2) is 0 Å². The summed E-state index contributed by atoms with van der Waals surface area (Å²) in [5.74, 6) is 0. The molecule has 0 aliphatic carbocycles. The summed E-state index contributed by atoms with van der Waals surface area (Å²) >= 11 is 0. The molecule has 4 N–H and O–H groups in total. The Labute approximate surface area is 59.5 Å². The number of nitrogens with one attached hydrogen (secondary N) is 1. The number of hydrogen-bond donors (Lipinski definition) is 4. The Morgan fingerprint density at radius 2 is 2.30 bits per heavy atom. The summed E-state index contributed by atoms with van der Waals surface area (Å²) in [6, 6.07) is 0. The number of β-amino-alcohol motifs (C(OH)–C–C–N with tert-alkyl or cyclic N) is 1. The Morgan fingerprint density at radius 1 is 1.60 bits per heavy atom. The summed E-state index contributed by atoms with van der Waals surface area (Å²) in [5.41, 5.74) is -1.27. The molecule has 4 heteroatoms. The molecule has 0 aromatic rings. The second-order valence-electron chi connectivity index (χ2n) is 2.73. The molecule has 2 unspecified atom stereocenters. The SMILES string of the molecule is OCC1(O)CCNCC1O. The lowest BCUT2D eigenvalue weighted by Gasteiger charge is -2.35. The van der Waals surface area contributed by atoms with E-state index in [4.69, 9.17) is 10.2 Å². The minimum absolute atomic E-state index is 0.358. The molecule has 0 aromatic carbocycles. The maximum absolute atomic E-state index is 9.41. The van der Waals surface area contributed by atoms with E-state index in [1.165, 1.54) is 0 Å². The van der Waals surface area contributed by atoms with Crippen LogP contribution in [0, 0.1) is 0 Å². The highest BCUT2D eigenvalue weighted by atomic mass is 16.4. The fourth-order valence-corrected chi connectivity index (χ4v) is 1.08. The van der Waals surface area contributed by atoms with Crippen LogP contribution in [0.2, 0.25) is 0 Å². The van der Waals surface area contributed by atoms with Gasteiger partial charge in [-0.1, -0.05) is 0 Å². The fraction of sp³-hybridized carbons (Fsp3) is 1.00. The molecule has 0 aromatic heterocycles. The van der Waals surface area contributed by atoms with Gasteiger partial charge in [0.25, 0.3) is 0 Å². The Hall–Kier alpha value is -0.160. The van der Waals surface area contributed by atoms with Gasteiger partial charge in [-0.15, -0.1) is 0 Å². The summed E-state index contributed by atoms with van der Waals surface area (Å²) in [7, 11) is 0. The quantitative estimate of drug-likeness (QED) is 0.348. The van der Waals surface area contributed by atoms with Crippen molar-refractivity contribution >= 4 is 0 Å². The van der Waals surface area contributed by atoms with E-state index in [9.17, 15) is 5.11 Å². The van der Waals surface area contributed by atoms with Crippen LogP contribution in [0.1, 0.15) is 6.42 Å². The van der Waals surface area contributed by atoms with E-state index in [-0.39, 0.29) is 6.61 Å². The Morgan fingerprint density at radius 3 is 2.70 bits per heavy atom. The van der Waals surface area contributed by atoms with Crippen LogP contribution in [0.5, 0.6) is 0 Å². The van der Waals surface area contributed by atoms with Gasteiger partial charge >= 0.3 is 0 Å². The van der Waals surface area contributed by atoms with Crippen molar-refractivity contribution in [3.8, 4) is 0 Å². The maximum atomic E-state index is 9.41. The van der Waals surface area contributed by atoms with E-state index in [1.807, 2.05) is 0 Å². The highest BCUT2D eigenvalue weighted by Crippen LogP contribution is 2.16. The van der Waals surface area contributed by atoms with E-state index < -0.39 is 11.7 Å². The molecule has 1 saturated heterocycles. The van der Waals surface area contributed by atoms with Crippen molar-refractivity contribution in [1.82, 2.24) is 5.32 Å². The van der Waals surface area contributed by atoms with Crippen LogP contribution in [0.25, 0.3) is 0 Å². The Kier molecular flexibility index (Phi) is 2.25. The van der Waals surface area contributed by atoms with Crippen LogP contribution >= 0.6 is 0 Å².